The number of carboxylic acid groups (broad SMARTS) is 1. The molecule has 0 spiro atoms. The highest BCUT2D eigenvalue weighted by molar-refractivity contribution is 6.34. The number of benzene rings is 1. The SMILES string of the molecule is CCC1=CN=C(c2ccc(C(=O)O)c(Cl)c2)C(C#Cc2ccc(N)nc2)=C(CC)C1. The van der Waals surface area contributed by atoms with Crippen molar-refractivity contribution in [1.82, 2.24) is 4.98 Å². The Labute approximate surface area is 181 Å². The molecule has 1 aromatic heterocycles. The minimum absolute atomic E-state index is 0.0553. The maximum absolute atomic E-state index is 11.3. The van der Waals surface area contributed by atoms with E-state index in [9.17, 15) is 9.90 Å². The number of nitrogens with two attached hydrogens (primary N) is 1. The van der Waals surface area contributed by atoms with Crippen molar-refractivity contribution in [3.05, 3.63) is 81.2 Å². The van der Waals surface area contributed by atoms with Crippen molar-refractivity contribution in [3.63, 3.8) is 0 Å². The number of nitrogen functional groups attached to an aromatic ring is 1. The van der Waals surface area contributed by atoms with Gasteiger partial charge in [0.15, 0.2) is 0 Å². The molecule has 0 saturated heterocycles. The van der Waals surface area contributed by atoms with Crippen molar-refractivity contribution < 1.29 is 9.90 Å². The molecule has 152 valence electrons. The van der Waals surface area contributed by atoms with Gasteiger partial charge in [0, 0.05) is 23.5 Å². The molecule has 2 aromatic rings. The molecule has 6 heteroatoms. The van der Waals surface area contributed by atoms with Gasteiger partial charge < -0.3 is 10.8 Å². The van der Waals surface area contributed by atoms with Crippen LogP contribution in [0.5, 0.6) is 0 Å². The van der Waals surface area contributed by atoms with Crippen LogP contribution in [0.3, 0.4) is 0 Å². The molecular formula is C24H22ClN3O2. The van der Waals surface area contributed by atoms with E-state index in [2.05, 4.69) is 30.7 Å². The first-order valence-electron chi connectivity index (χ1n) is 9.67. The molecule has 0 fully saturated rings. The maximum Gasteiger partial charge on any atom is 0.337 e. The summed E-state index contributed by atoms with van der Waals surface area (Å²) in [4.78, 5) is 20.1. The Hall–Kier alpha value is -3.36. The molecule has 1 aromatic carbocycles. The van der Waals surface area contributed by atoms with E-state index in [-0.39, 0.29) is 10.6 Å². The second kappa shape index (κ2) is 9.43. The Morgan fingerprint density at radius 3 is 2.60 bits per heavy atom. The summed E-state index contributed by atoms with van der Waals surface area (Å²) in [6.07, 6.45) is 6.02. The fraction of sp³-hybridized carbons (Fsp3) is 0.208. The van der Waals surface area contributed by atoms with E-state index >= 15 is 0 Å². The van der Waals surface area contributed by atoms with E-state index in [0.29, 0.717) is 11.5 Å². The second-order valence-electron chi connectivity index (χ2n) is 6.85. The number of carbonyl (C=O) groups is 1. The Morgan fingerprint density at radius 1 is 1.20 bits per heavy atom. The van der Waals surface area contributed by atoms with Gasteiger partial charge in [0.1, 0.15) is 5.82 Å². The molecular weight excluding hydrogens is 398 g/mol. The van der Waals surface area contributed by atoms with Crippen LogP contribution in [0.15, 0.2) is 64.4 Å². The third-order valence-corrected chi connectivity index (χ3v) is 5.19. The van der Waals surface area contributed by atoms with Gasteiger partial charge in [0.2, 0.25) is 0 Å². The predicted octanol–water partition coefficient (Wildman–Crippen LogP) is 5.26. The molecule has 0 radical (unpaired) electrons. The largest absolute Gasteiger partial charge is 0.478 e. The Bertz CT molecular complexity index is 1130. The van der Waals surface area contributed by atoms with Crippen LogP contribution in [0.25, 0.3) is 0 Å². The quantitative estimate of drug-likeness (QED) is 0.661. The number of carboxylic acids is 1. The van der Waals surface area contributed by atoms with Gasteiger partial charge >= 0.3 is 5.97 Å². The zero-order valence-electron chi connectivity index (χ0n) is 16.9. The lowest BCUT2D eigenvalue weighted by molar-refractivity contribution is 0.0697. The normalized spacial score (nSPS) is 13.7. The fourth-order valence-corrected chi connectivity index (χ4v) is 3.39. The molecule has 0 amide bonds. The minimum atomic E-state index is -1.07. The number of aromatic carboxylic acids is 1. The molecule has 0 unspecified atom stereocenters. The van der Waals surface area contributed by atoms with E-state index < -0.39 is 5.97 Å². The highest BCUT2D eigenvalue weighted by atomic mass is 35.5. The van der Waals surface area contributed by atoms with Crippen LogP contribution in [-0.2, 0) is 0 Å². The molecule has 30 heavy (non-hydrogen) atoms. The summed E-state index contributed by atoms with van der Waals surface area (Å²) < 4.78 is 0. The zero-order valence-corrected chi connectivity index (χ0v) is 17.6. The molecule has 0 bridgehead atoms. The first kappa shape index (κ1) is 21.4. The number of nitrogens with zero attached hydrogens (tertiary/aromatic N) is 2. The lowest BCUT2D eigenvalue weighted by atomic mass is 9.92. The highest BCUT2D eigenvalue weighted by Crippen LogP contribution is 2.28. The van der Waals surface area contributed by atoms with Gasteiger partial charge in [0.05, 0.1) is 21.9 Å². The topological polar surface area (TPSA) is 88.6 Å². The second-order valence-corrected chi connectivity index (χ2v) is 7.26. The van der Waals surface area contributed by atoms with E-state index in [1.807, 2.05) is 12.3 Å². The first-order valence-corrected chi connectivity index (χ1v) is 10.1. The summed E-state index contributed by atoms with van der Waals surface area (Å²) in [6.45, 7) is 4.20. The summed E-state index contributed by atoms with van der Waals surface area (Å²) in [6, 6.07) is 8.39. The number of halogens is 1. The van der Waals surface area contributed by atoms with Crippen LogP contribution in [0.1, 0.15) is 54.6 Å². The zero-order chi connectivity index (χ0) is 21.7. The molecule has 3 rings (SSSR count). The van der Waals surface area contributed by atoms with E-state index in [1.165, 1.54) is 17.2 Å². The first-order chi connectivity index (χ1) is 14.4. The summed E-state index contributed by atoms with van der Waals surface area (Å²) in [5.41, 5.74) is 11.1. The number of hydrogen-bond donors (Lipinski definition) is 2. The van der Waals surface area contributed by atoms with Crippen LogP contribution < -0.4 is 5.73 Å². The van der Waals surface area contributed by atoms with Crippen molar-refractivity contribution >= 4 is 29.1 Å². The number of hydrogen-bond acceptors (Lipinski definition) is 4. The smallest absolute Gasteiger partial charge is 0.337 e. The molecule has 0 aliphatic carbocycles. The Morgan fingerprint density at radius 2 is 2.00 bits per heavy atom. The monoisotopic (exact) mass is 419 g/mol. The molecule has 1 aliphatic heterocycles. The van der Waals surface area contributed by atoms with Crippen LogP contribution in [0.2, 0.25) is 5.02 Å². The third-order valence-electron chi connectivity index (χ3n) is 4.88. The number of aromatic nitrogens is 1. The van der Waals surface area contributed by atoms with E-state index in [4.69, 9.17) is 22.3 Å². The van der Waals surface area contributed by atoms with Gasteiger partial charge in [-0.15, -0.1) is 0 Å². The van der Waals surface area contributed by atoms with Crippen LogP contribution in [-0.4, -0.2) is 21.8 Å². The fourth-order valence-electron chi connectivity index (χ4n) is 3.13. The van der Waals surface area contributed by atoms with Gasteiger partial charge in [-0.05, 0) is 54.7 Å². The number of aliphatic imine (C=N–C) groups is 1. The molecule has 3 N–H and O–H groups in total. The molecule has 5 nitrogen and oxygen atoms in total. The van der Waals surface area contributed by atoms with Gasteiger partial charge in [-0.3, -0.25) is 4.99 Å². The molecule has 0 saturated carbocycles. The predicted molar refractivity (Wildman–Crippen MR) is 121 cm³/mol. The average Bonchev–Trinajstić information content (AvgIpc) is 2.92. The average molecular weight is 420 g/mol. The Kier molecular flexibility index (Phi) is 6.71. The van der Waals surface area contributed by atoms with Crippen LogP contribution in [0, 0.1) is 11.8 Å². The van der Waals surface area contributed by atoms with Gasteiger partial charge in [-0.1, -0.05) is 43.4 Å². The van der Waals surface area contributed by atoms with Crippen molar-refractivity contribution in [2.24, 2.45) is 4.99 Å². The van der Waals surface area contributed by atoms with Crippen molar-refractivity contribution in [2.75, 3.05) is 5.73 Å². The van der Waals surface area contributed by atoms with Crippen molar-refractivity contribution in [2.45, 2.75) is 33.1 Å². The van der Waals surface area contributed by atoms with Crippen LogP contribution >= 0.6 is 11.6 Å². The van der Waals surface area contributed by atoms with Gasteiger partial charge in [0.25, 0.3) is 0 Å². The summed E-state index contributed by atoms with van der Waals surface area (Å²) in [5.74, 6) is 5.80. The number of allylic oxidation sites excluding steroid dienone is 3. The van der Waals surface area contributed by atoms with Gasteiger partial charge in [-0.2, -0.15) is 0 Å². The third kappa shape index (κ3) is 4.79. The lowest BCUT2D eigenvalue weighted by Gasteiger charge is -2.11. The van der Waals surface area contributed by atoms with Gasteiger partial charge in [-0.25, -0.2) is 9.78 Å². The van der Waals surface area contributed by atoms with Crippen molar-refractivity contribution in [3.8, 4) is 11.8 Å². The van der Waals surface area contributed by atoms with E-state index in [0.717, 1.165) is 36.0 Å². The lowest BCUT2D eigenvalue weighted by Crippen LogP contribution is -2.08. The minimum Gasteiger partial charge on any atom is -0.478 e. The number of pyridine rings is 1. The molecule has 2 heterocycles. The number of anilines is 1. The van der Waals surface area contributed by atoms with Crippen molar-refractivity contribution in [1.29, 1.82) is 0 Å². The van der Waals surface area contributed by atoms with Crippen LogP contribution in [0.4, 0.5) is 5.82 Å². The molecule has 1 aliphatic rings. The standard InChI is InChI=1S/C24H22ClN3O2/c1-3-15-11-17(4-2)19(8-5-16-6-10-22(26)27-14-16)23(28-13-15)18-7-9-20(24(29)30)21(25)12-18/h6-7,9-10,12-14H,3-4,11H2,1-2H3,(H2,26,27)(H,29,30). The summed E-state index contributed by atoms with van der Waals surface area (Å²) >= 11 is 6.22. The molecule has 0 atom stereocenters. The summed E-state index contributed by atoms with van der Waals surface area (Å²) in [5, 5.41) is 9.44. The number of rotatable bonds is 4. The summed E-state index contributed by atoms with van der Waals surface area (Å²) in [7, 11) is 0. The maximum atomic E-state index is 11.3. The highest BCUT2D eigenvalue weighted by Gasteiger charge is 2.18. The Balaban J connectivity index is 2.14. The van der Waals surface area contributed by atoms with E-state index in [1.54, 1.807) is 24.4 Å².